The lowest BCUT2D eigenvalue weighted by Crippen LogP contribution is -2.29. The maximum atomic E-state index is 12.7. The van der Waals surface area contributed by atoms with Gasteiger partial charge in [0.05, 0.1) is 13.2 Å². The number of unbranched alkanes of at least 4 members (excludes halogenated alkanes) is 32. The molecule has 1 unspecified atom stereocenters. The third-order valence-electron chi connectivity index (χ3n) is 11.3. The molecule has 0 aliphatic heterocycles. The number of hydrogen-bond acceptors (Lipinski definition) is 8. The van der Waals surface area contributed by atoms with Crippen LogP contribution in [0.25, 0.3) is 0 Å². The van der Waals surface area contributed by atoms with Gasteiger partial charge in [0.2, 0.25) is 0 Å². The van der Waals surface area contributed by atoms with E-state index >= 15 is 0 Å². The number of nitrogens with two attached hydrogens (primary N) is 1. The minimum absolute atomic E-state index is 0.0549. The van der Waals surface area contributed by atoms with Crippen molar-refractivity contribution in [1.29, 1.82) is 0 Å². The molecule has 9 nitrogen and oxygen atoms in total. The van der Waals surface area contributed by atoms with Crippen LogP contribution < -0.4 is 5.73 Å². The standard InChI is InChI=1S/C51H98NO8P/c1-3-5-7-9-11-13-15-17-19-21-23-24-26-28-30-32-34-36-38-40-42-44-51(54)60-49(48-59-61(55,56)58-46-45-52)47-57-50(53)43-41-39-37-35-33-31-29-27-25-22-20-18-16-14-12-10-8-6-4-2/h12,14,18,20,49H,3-11,13,15-17,19,21-48,52H2,1-2H3,(H,55,56)/t49-/m1/s1. The predicted octanol–water partition coefficient (Wildman–Crippen LogP) is 15.5. The van der Waals surface area contributed by atoms with Gasteiger partial charge in [0.1, 0.15) is 6.61 Å². The van der Waals surface area contributed by atoms with Crippen LogP contribution >= 0.6 is 7.82 Å². The Morgan fingerprint density at radius 3 is 1.28 bits per heavy atom. The lowest BCUT2D eigenvalue weighted by Gasteiger charge is -2.19. The summed E-state index contributed by atoms with van der Waals surface area (Å²) in [6.45, 7) is 3.76. The molecule has 0 radical (unpaired) electrons. The van der Waals surface area contributed by atoms with E-state index in [1.807, 2.05) is 0 Å². The van der Waals surface area contributed by atoms with Crippen LogP contribution in [0.1, 0.15) is 258 Å². The molecule has 0 fully saturated rings. The van der Waals surface area contributed by atoms with Gasteiger partial charge in [-0.1, -0.05) is 224 Å². The smallest absolute Gasteiger partial charge is 0.462 e. The van der Waals surface area contributed by atoms with E-state index in [1.54, 1.807) is 0 Å². The molecular weight excluding hydrogens is 786 g/mol. The number of carbonyl (C=O) groups excluding carboxylic acids is 2. The van der Waals surface area contributed by atoms with Crippen LogP contribution in [-0.2, 0) is 32.7 Å². The second-order valence-corrected chi connectivity index (χ2v) is 18.9. The molecule has 0 amide bonds. The van der Waals surface area contributed by atoms with Crippen molar-refractivity contribution in [2.24, 2.45) is 5.73 Å². The highest BCUT2D eigenvalue weighted by Gasteiger charge is 2.26. The Hall–Kier alpha value is -1.51. The molecule has 0 aromatic rings. The highest BCUT2D eigenvalue weighted by atomic mass is 31.2. The highest BCUT2D eigenvalue weighted by molar-refractivity contribution is 7.47. The highest BCUT2D eigenvalue weighted by Crippen LogP contribution is 2.43. The summed E-state index contributed by atoms with van der Waals surface area (Å²) in [5, 5.41) is 0. The van der Waals surface area contributed by atoms with E-state index in [0.717, 1.165) is 38.5 Å². The fourth-order valence-electron chi connectivity index (χ4n) is 7.49. The normalized spacial score (nSPS) is 13.3. The van der Waals surface area contributed by atoms with E-state index in [9.17, 15) is 19.0 Å². The van der Waals surface area contributed by atoms with Crippen LogP contribution in [0.3, 0.4) is 0 Å². The minimum Gasteiger partial charge on any atom is -0.462 e. The number of phosphoric acid groups is 1. The number of phosphoric ester groups is 1. The van der Waals surface area contributed by atoms with Gasteiger partial charge in [-0.25, -0.2) is 4.57 Å². The molecule has 360 valence electrons. The fraction of sp³-hybridized carbons (Fsp3) is 0.882. The summed E-state index contributed by atoms with van der Waals surface area (Å²) in [6.07, 6.45) is 53.5. The van der Waals surface area contributed by atoms with Crippen molar-refractivity contribution in [2.75, 3.05) is 26.4 Å². The molecule has 10 heteroatoms. The van der Waals surface area contributed by atoms with Gasteiger partial charge in [0, 0.05) is 19.4 Å². The summed E-state index contributed by atoms with van der Waals surface area (Å²) in [7, 11) is -4.38. The van der Waals surface area contributed by atoms with Crippen molar-refractivity contribution >= 4 is 19.8 Å². The summed E-state index contributed by atoms with van der Waals surface area (Å²) in [5.41, 5.74) is 5.37. The Labute approximate surface area is 376 Å². The van der Waals surface area contributed by atoms with E-state index in [1.165, 1.54) is 186 Å². The van der Waals surface area contributed by atoms with Crippen molar-refractivity contribution in [2.45, 2.75) is 264 Å². The summed E-state index contributed by atoms with van der Waals surface area (Å²) < 4.78 is 32.9. The molecule has 0 aromatic heterocycles. The largest absolute Gasteiger partial charge is 0.472 e. The maximum Gasteiger partial charge on any atom is 0.472 e. The van der Waals surface area contributed by atoms with Gasteiger partial charge in [-0.15, -0.1) is 0 Å². The first-order chi connectivity index (χ1) is 29.8. The third-order valence-corrected chi connectivity index (χ3v) is 12.3. The molecule has 0 spiro atoms. The number of hydrogen-bond donors (Lipinski definition) is 2. The van der Waals surface area contributed by atoms with Crippen LogP contribution in [0.15, 0.2) is 24.3 Å². The van der Waals surface area contributed by atoms with E-state index < -0.39 is 26.5 Å². The Morgan fingerprint density at radius 1 is 0.492 bits per heavy atom. The monoisotopic (exact) mass is 884 g/mol. The molecule has 0 rings (SSSR count). The van der Waals surface area contributed by atoms with Gasteiger partial charge in [0.15, 0.2) is 6.10 Å². The molecule has 0 aliphatic carbocycles. The number of carbonyl (C=O) groups is 2. The first-order valence-electron chi connectivity index (χ1n) is 25.8. The van der Waals surface area contributed by atoms with Crippen LogP contribution in [0.5, 0.6) is 0 Å². The molecule has 0 bridgehead atoms. The SMILES string of the molecule is CCCCCC=CCC=CCCCCCCCCCCCC(=O)OC[C@H](COP(=O)(O)OCCN)OC(=O)CCCCCCCCCCCCCCCCCCCCCCC. The first-order valence-corrected chi connectivity index (χ1v) is 27.3. The zero-order valence-electron chi connectivity index (χ0n) is 39.9. The Kier molecular flexibility index (Phi) is 46.8. The van der Waals surface area contributed by atoms with E-state index in [4.69, 9.17) is 24.3 Å². The van der Waals surface area contributed by atoms with Crippen molar-refractivity contribution in [1.82, 2.24) is 0 Å². The molecule has 2 atom stereocenters. The lowest BCUT2D eigenvalue weighted by molar-refractivity contribution is -0.161. The lowest BCUT2D eigenvalue weighted by atomic mass is 10.0. The number of allylic oxidation sites excluding steroid dienone is 4. The van der Waals surface area contributed by atoms with Crippen molar-refractivity contribution in [3.63, 3.8) is 0 Å². The molecule has 0 aromatic carbocycles. The summed E-state index contributed by atoms with van der Waals surface area (Å²) in [4.78, 5) is 35.1. The van der Waals surface area contributed by atoms with Crippen LogP contribution in [0, 0.1) is 0 Å². The van der Waals surface area contributed by atoms with Crippen LogP contribution in [0.4, 0.5) is 0 Å². The van der Waals surface area contributed by atoms with Crippen molar-refractivity contribution in [3.05, 3.63) is 24.3 Å². The Balaban J connectivity index is 4.01. The maximum absolute atomic E-state index is 12.7. The van der Waals surface area contributed by atoms with E-state index in [2.05, 4.69) is 38.2 Å². The predicted molar refractivity (Wildman–Crippen MR) is 257 cm³/mol. The molecular formula is C51H98NO8P. The Morgan fingerprint density at radius 2 is 0.852 bits per heavy atom. The molecule has 61 heavy (non-hydrogen) atoms. The first kappa shape index (κ1) is 59.5. The van der Waals surface area contributed by atoms with Gasteiger partial charge >= 0.3 is 19.8 Å². The number of ether oxygens (including phenoxy) is 2. The number of rotatable bonds is 49. The van der Waals surface area contributed by atoms with Gasteiger partial charge in [-0.05, 0) is 44.9 Å². The minimum atomic E-state index is -4.38. The van der Waals surface area contributed by atoms with E-state index in [-0.39, 0.29) is 38.6 Å². The second kappa shape index (κ2) is 48.0. The van der Waals surface area contributed by atoms with Gasteiger partial charge in [-0.3, -0.25) is 18.6 Å². The molecule has 0 saturated carbocycles. The van der Waals surface area contributed by atoms with Crippen LogP contribution in [-0.4, -0.2) is 49.3 Å². The Bertz CT molecular complexity index is 1050. The summed E-state index contributed by atoms with van der Waals surface area (Å²) >= 11 is 0. The van der Waals surface area contributed by atoms with Gasteiger partial charge in [0.25, 0.3) is 0 Å². The van der Waals surface area contributed by atoms with Gasteiger partial charge in [-0.2, -0.15) is 0 Å². The molecule has 0 aliphatic rings. The average Bonchev–Trinajstić information content (AvgIpc) is 3.25. The summed E-state index contributed by atoms with van der Waals surface area (Å²) in [5.74, 6) is -0.819. The summed E-state index contributed by atoms with van der Waals surface area (Å²) in [6, 6.07) is 0. The van der Waals surface area contributed by atoms with Crippen molar-refractivity contribution in [3.8, 4) is 0 Å². The van der Waals surface area contributed by atoms with Crippen LogP contribution in [0.2, 0.25) is 0 Å². The zero-order chi connectivity index (χ0) is 44.6. The third kappa shape index (κ3) is 47.8. The number of esters is 2. The quantitative estimate of drug-likeness (QED) is 0.0265. The topological polar surface area (TPSA) is 134 Å². The second-order valence-electron chi connectivity index (χ2n) is 17.4. The van der Waals surface area contributed by atoms with Crippen molar-refractivity contribution < 1.29 is 37.6 Å². The van der Waals surface area contributed by atoms with Gasteiger partial charge < -0.3 is 20.1 Å². The molecule has 0 heterocycles. The fourth-order valence-corrected chi connectivity index (χ4v) is 8.26. The molecule has 0 saturated heterocycles. The average molecular weight is 884 g/mol. The molecule has 3 N–H and O–H groups in total. The van der Waals surface area contributed by atoms with E-state index in [0.29, 0.717) is 6.42 Å². The zero-order valence-corrected chi connectivity index (χ0v) is 40.8.